The van der Waals surface area contributed by atoms with Gasteiger partial charge in [0.2, 0.25) is 5.91 Å². The number of benzene rings is 2. The highest BCUT2D eigenvalue weighted by molar-refractivity contribution is 6.32. The minimum absolute atomic E-state index is 0.0754. The molecule has 3 rings (SSSR count). The van der Waals surface area contributed by atoms with Crippen molar-refractivity contribution in [3.05, 3.63) is 63.4 Å². The first-order valence-corrected chi connectivity index (χ1v) is 6.97. The summed E-state index contributed by atoms with van der Waals surface area (Å²) in [6.45, 7) is 1.88. The zero-order valence-electron chi connectivity index (χ0n) is 11.4. The lowest BCUT2D eigenvalue weighted by Crippen LogP contribution is -2.14. The highest BCUT2D eigenvalue weighted by Gasteiger charge is 2.23. The lowest BCUT2D eigenvalue weighted by atomic mass is 9.95. The van der Waals surface area contributed by atoms with Crippen LogP contribution in [0, 0.1) is 12.7 Å². The number of carbonyl (C=O) groups excluding carboxylic acids is 1. The molecular formula is C16H14ClFN2O. The number of fused-ring (bicyclic) bond motifs is 1. The Morgan fingerprint density at radius 2 is 2.05 bits per heavy atom. The molecule has 1 aliphatic rings. The van der Waals surface area contributed by atoms with Crippen molar-refractivity contribution in [2.45, 2.75) is 19.4 Å². The molecule has 1 atom stereocenters. The van der Waals surface area contributed by atoms with E-state index >= 15 is 0 Å². The Balaban J connectivity index is 2.06. The Morgan fingerprint density at radius 3 is 2.81 bits per heavy atom. The van der Waals surface area contributed by atoms with Crippen molar-refractivity contribution < 1.29 is 9.18 Å². The summed E-state index contributed by atoms with van der Waals surface area (Å²) in [7, 11) is 0. The molecule has 108 valence electrons. The summed E-state index contributed by atoms with van der Waals surface area (Å²) >= 11 is 6.24. The summed E-state index contributed by atoms with van der Waals surface area (Å²) in [5, 5.41) is 3.15. The number of hydrogen-bond donors (Lipinski definition) is 2. The number of amides is 1. The second-order valence-corrected chi connectivity index (χ2v) is 5.67. The van der Waals surface area contributed by atoms with E-state index in [1.807, 2.05) is 6.92 Å². The number of rotatable bonds is 2. The van der Waals surface area contributed by atoms with Gasteiger partial charge in [0.05, 0.1) is 12.5 Å². The number of nitrogens with two attached hydrogens (primary N) is 1. The van der Waals surface area contributed by atoms with E-state index in [1.165, 1.54) is 6.07 Å². The third-order valence-electron chi connectivity index (χ3n) is 3.67. The van der Waals surface area contributed by atoms with E-state index in [9.17, 15) is 9.18 Å². The van der Waals surface area contributed by atoms with Gasteiger partial charge in [0.15, 0.2) is 0 Å². The van der Waals surface area contributed by atoms with Gasteiger partial charge in [0.1, 0.15) is 5.82 Å². The van der Waals surface area contributed by atoms with Gasteiger partial charge >= 0.3 is 0 Å². The highest BCUT2D eigenvalue weighted by Crippen LogP contribution is 2.35. The van der Waals surface area contributed by atoms with Crippen LogP contribution in [0.4, 0.5) is 10.1 Å². The summed E-state index contributed by atoms with van der Waals surface area (Å²) in [5.41, 5.74) is 9.67. The fourth-order valence-corrected chi connectivity index (χ4v) is 2.86. The maximum absolute atomic E-state index is 14.0. The monoisotopic (exact) mass is 304 g/mol. The second kappa shape index (κ2) is 5.13. The molecule has 0 fully saturated rings. The minimum Gasteiger partial charge on any atom is -0.325 e. The molecule has 2 aromatic rings. The summed E-state index contributed by atoms with van der Waals surface area (Å²) in [6, 6.07) is 7.59. The number of anilines is 1. The van der Waals surface area contributed by atoms with Gasteiger partial charge in [-0.3, -0.25) is 4.79 Å². The van der Waals surface area contributed by atoms with Crippen molar-refractivity contribution in [2.24, 2.45) is 5.73 Å². The molecule has 0 bridgehead atoms. The van der Waals surface area contributed by atoms with E-state index in [4.69, 9.17) is 17.3 Å². The average molecular weight is 305 g/mol. The van der Waals surface area contributed by atoms with Crippen molar-refractivity contribution in [2.75, 3.05) is 5.32 Å². The molecular weight excluding hydrogens is 291 g/mol. The summed E-state index contributed by atoms with van der Waals surface area (Å²) in [6.07, 6.45) is 0.294. The van der Waals surface area contributed by atoms with Crippen LogP contribution < -0.4 is 11.1 Å². The number of nitrogens with one attached hydrogen (secondary N) is 1. The Labute approximate surface area is 126 Å². The summed E-state index contributed by atoms with van der Waals surface area (Å²) in [4.78, 5) is 11.4. The molecule has 0 spiro atoms. The second-order valence-electron chi connectivity index (χ2n) is 5.26. The number of halogens is 2. The quantitative estimate of drug-likeness (QED) is 0.894. The zero-order valence-corrected chi connectivity index (χ0v) is 12.2. The molecule has 0 saturated carbocycles. The third-order valence-corrected chi connectivity index (χ3v) is 4.00. The van der Waals surface area contributed by atoms with Crippen LogP contribution in [-0.2, 0) is 11.2 Å². The molecule has 2 aromatic carbocycles. The first kappa shape index (κ1) is 14.0. The average Bonchev–Trinajstić information content (AvgIpc) is 2.79. The van der Waals surface area contributed by atoms with Crippen molar-refractivity contribution in [3.8, 4) is 0 Å². The molecule has 3 nitrogen and oxygen atoms in total. The predicted octanol–water partition coefficient (Wildman–Crippen LogP) is 3.33. The van der Waals surface area contributed by atoms with E-state index in [0.29, 0.717) is 28.3 Å². The Bertz CT molecular complexity index is 745. The standard InChI is InChI=1S/C16H14ClFN2O/c1-8-2-3-13(18)11(4-8)16(19)10-5-9-6-15(21)20-14(9)7-12(10)17/h2-5,7,16H,6,19H2,1H3,(H,20,21). The lowest BCUT2D eigenvalue weighted by Gasteiger charge is -2.17. The first-order chi connectivity index (χ1) is 9.95. The molecule has 21 heavy (non-hydrogen) atoms. The smallest absolute Gasteiger partial charge is 0.228 e. The van der Waals surface area contributed by atoms with Gasteiger partial charge in [-0.15, -0.1) is 0 Å². The van der Waals surface area contributed by atoms with Crippen LogP contribution in [0.5, 0.6) is 0 Å². The fourth-order valence-electron chi connectivity index (χ4n) is 2.57. The minimum atomic E-state index is -0.668. The Morgan fingerprint density at radius 1 is 1.29 bits per heavy atom. The van der Waals surface area contributed by atoms with Gasteiger partial charge in [-0.25, -0.2) is 4.39 Å². The predicted molar refractivity (Wildman–Crippen MR) is 81.0 cm³/mol. The van der Waals surface area contributed by atoms with Crippen LogP contribution in [0.2, 0.25) is 5.02 Å². The third kappa shape index (κ3) is 2.52. The molecule has 1 aliphatic heterocycles. The number of hydrogen-bond acceptors (Lipinski definition) is 2. The van der Waals surface area contributed by atoms with E-state index in [0.717, 1.165) is 11.1 Å². The molecule has 1 heterocycles. The normalized spacial score (nSPS) is 14.8. The topological polar surface area (TPSA) is 55.1 Å². The first-order valence-electron chi connectivity index (χ1n) is 6.59. The zero-order chi connectivity index (χ0) is 15.1. The molecule has 0 radical (unpaired) electrons. The fraction of sp³-hybridized carbons (Fsp3) is 0.188. The van der Waals surface area contributed by atoms with Crippen LogP contribution in [-0.4, -0.2) is 5.91 Å². The van der Waals surface area contributed by atoms with E-state index in [1.54, 1.807) is 24.3 Å². The highest BCUT2D eigenvalue weighted by atomic mass is 35.5. The van der Waals surface area contributed by atoms with E-state index in [2.05, 4.69) is 5.32 Å². The van der Waals surface area contributed by atoms with Crippen molar-refractivity contribution in [3.63, 3.8) is 0 Å². The molecule has 1 amide bonds. The van der Waals surface area contributed by atoms with Crippen molar-refractivity contribution in [1.82, 2.24) is 0 Å². The maximum atomic E-state index is 14.0. The van der Waals surface area contributed by atoms with E-state index < -0.39 is 6.04 Å². The SMILES string of the molecule is Cc1ccc(F)c(C(N)c2cc3c(cc2Cl)NC(=O)C3)c1. The molecule has 3 N–H and O–H groups in total. The maximum Gasteiger partial charge on any atom is 0.228 e. The van der Waals surface area contributed by atoms with Crippen LogP contribution in [0.25, 0.3) is 0 Å². The van der Waals surface area contributed by atoms with Crippen LogP contribution in [0.15, 0.2) is 30.3 Å². The molecule has 1 unspecified atom stereocenters. The van der Waals surface area contributed by atoms with Gasteiger partial charge in [-0.2, -0.15) is 0 Å². The largest absolute Gasteiger partial charge is 0.325 e. The van der Waals surface area contributed by atoms with Crippen LogP contribution >= 0.6 is 11.6 Å². The van der Waals surface area contributed by atoms with E-state index in [-0.39, 0.29) is 11.7 Å². The molecule has 0 saturated heterocycles. The Hall–Kier alpha value is -1.91. The van der Waals surface area contributed by atoms with Gasteiger partial charge < -0.3 is 11.1 Å². The summed E-state index contributed by atoms with van der Waals surface area (Å²) < 4.78 is 14.0. The van der Waals surface area contributed by atoms with Gasteiger partial charge in [-0.1, -0.05) is 29.3 Å². The van der Waals surface area contributed by atoms with Crippen LogP contribution in [0.3, 0.4) is 0 Å². The summed E-state index contributed by atoms with van der Waals surface area (Å²) in [5.74, 6) is -0.438. The lowest BCUT2D eigenvalue weighted by molar-refractivity contribution is -0.115. The van der Waals surface area contributed by atoms with Crippen molar-refractivity contribution in [1.29, 1.82) is 0 Å². The van der Waals surface area contributed by atoms with Crippen LogP contribution in [0.1, 0.15) is 28.3 Å². The molecule has 5 heteroatoms. The van der Waals surface area contributed by atoms with Gasteiger partial charge in [0.25, 0.3) is 0 Å². The number of carbonyl (C=O) groups is 1. The van der Waals surface area contributed by atoms with Gasteiger partial charge in [-0.05, 0) is 36.2 Å². The molecule has 0 aromatic heterocycles. The van der Waals surface area contributed by atoms with Gasteiger partial charge in [0, 0.05) is 16.3 Å². The molecule has 0 aliphatic carbocycles. The Kier molecular flexibility index (Phi) is 3.43. The van der Waals surface area contributed by atoms with Crippen molar-refractivity contribution >= 4 is 23.2 Å². The number of aryl methyl sites for hydroxylation is 1.